The Labute approximate surface area is 179 Å². The first-order valence-electron chi connectivity index (χ1n) is 8.19. The second-order valence-corrected chi connectivity index (χ2v) is 7.51. The molecule has 0 spiro atoms. The Kier molecular flexibility index (Phi) is 8.94. The zero-order valence-electron chi connectivity index (χ0n) is 15.4. The highest BCUT2D eigenvalue weighted by Crippen LogP contribution is 2.40. The van der Waals surface area contributed by atoms with Crippen molar-refractivity contribution in [1.29, 1.82) is 0 Å². The molecule has 0 radical (unpaired) electrons. The second kappa shape index (κ2) is 10.2. The fraction of sp³-hybridized carbons (Fsp3) is 0.529. The molecule has 0 aliphatic carbocycles. The van der Waals surface area contributed by atoms with Gasteiger partial charge in [-0.2, -0.15) is 0 Å². The third-order valence-electron chi connectivity index (χ3n) is 3.18. The van der Waals surface area contributed by atoms with Gasteiger partial charge in [0.2, 0.25) is 12.7 Å². The van der Waals surface area contributed by atoms with Crippen molar-refractivity contribution in [3.05, 3.63) is 22.2 Å². The first-order chi connectivity index (χ1) is 11.8. The topological polar surface area (TPSA) is 84.0 Å². The minimum absolute atomic E-state index is 0. The van der Waals surface area contributed by atoms with E-state index in [1.165, 1.54) is 0 Å². The molecule has 1 heterocycles. The van der Waals surface area contributed by atoms with Crippen molar-refractivity contribution >= 4 is 51.8 Å². The molecule has 1 amide bonds. The highest BCUT2D eigenvalue weighted by molar-refractivity contribution is 14.0. The van der Waals surface area contributed by atoms with Gasteiger partial charge in [-0.15, -0.1) is 24.0 Å². The molecule has 1 aromatic rings. The fourth-order valence-electron chi connectivity index (χ4n) is 2.25. The number of hydrogen-bond donors (Lipinski definition) is 3. The van der Waals surface area contributed by atoms with Crippen molar-refractivity contribution in [2.24, 2.45) is 4.99 Å². The van der Waals surface area contributed by atoms with Gasteiger partial charge in [0.25, 0.3) is 0 Å². The van der Waals surface area contributed by atoms with E-state index in [0.717, 1.165) is 15.8 Å². The average molecular weight is 541 g/mol. The van der Waals surface area contributed by atoms with Gasteiger partial charge in [-0.05, 0) is 61.3 Å². The molecule has 0 atom stereocenters. The molecular weight excluding hydrogens is 515 g/mol. The largest absolute Gasteiger partial charge is 0.454 e. The number of rotatable bonds is 5. The standard InChI is InChI=1S/C17H25BrN4O3.HI/c1-5-19-16(21-9-14(23)22-17(2,3)4)20-8-11-6-12(18)15-13(7-11)24-10-25-15;/h6-7H,5,8-10H2,1-4H3,(H,22,23)(H2,19,20,21);1H. The molecule has 0 bridgehead atoms. The van der Waals surface area contributed by atoms with Crippen LogP contribution in [0.25, 0.3) is 0 Å². The summed E-state index contributed by atoms with van der Waals surface area (Å²) in [5, 5.41) is 9.07. The number of aliphatic imine (C=N–C) groups is 1. The molecule has 0 unspecified atom stereocenters. The number of carbonyl (C=O) groups is 1. The maximum atomic E-state index is 11.9. The normalized spacial score (nSPS) is 13.0. The van der Waals surface area contributed by atoms with Crippen molar-refractivity contribution < 1.29 is 14.3 Å². The molecule has 2 rings (SSSR count). The molecule has 26 heavy (non-hydrogen) atoms. The highest BCUT2D eigenvalue weighted by atomic mass is 127. The molecule has 9 heteroatoms. The summed E-state index contributed by atoms with van der Waals surface area (Å²) < 4.78 is 11.6. The summed E-state index contributed by atoms with van der Waals surface area (Å²) in [5.41, 5.74) is 0.722. The Balaban J connectivity index is 0.00000338. The Morgan fingerprint density at radius 3 is 2.65 bits per heavy atom. The SMILES string of the molecule is CCNC(=NCc1cc(Br)c2c(c1)OCO2)NCC(=O)NC(C)(C)C.I. The van der Waals surface area contributed by atoms with E-state index in [0.29, 0.717) is 24.8 Å². The lowest BCUT2D eigenvalue weighted by atomic mass is 10.1. The molecule has 0 fully saturated rings. The minimum atomic E-state index is -0.257. The van der Waals surface area contributed by atoms with Crippen LogP contribution in [0.5, 0.6) is 11.5 Å². The van der Waals surface area contributed by atoms with E-state index >= 15 is 0 Å². The van der Waals surface area contributed by atoms with Crippen LogP contribution in [-0.4, -0.2) is 37.3 Å². The van der Waals surface area contributed by atoms with E-state index < -0.39 is 0 Å². The van der Waals surface area contributed by atoms with Crippen LogP contribution in [0, 0.1) is 0 Å². The van der Waals surface area contributed by atoms with E-state index in [1.54, 1.807) is 0 Å². The van der Waals surface area contributed by atoms with Crippen LogP contribution in [0.15, 0.2) is 21.6 Å². The van der Waals surface area contributed by atoms with Crippen LogP contribution in [-0.2, 0) is 11.3 Å². The molecule has 1 aliphatic heterocycles. The summed E-state index contributed by atoms with van der Waals surface area (Å²) in [6, 6.07) is 3.86. The Hall–Kier alpha value is -1.23. The number of carbonyl (C=O) groups excluding carboxylic acids is 1. The maximum Gasteiger partial charge on any atom is 0.239 e. The van der Waals surface area contributed by atoms with Gasteiger partial charge in [-0.3, -0.25) is 4.79 Å². The van der Waals surface area contributed by atoms with Gasteiger partial charge in [0.15, 0.2) is 17.5 Å². The van der Waals surface area contributed by atoms with Gasteiger partial charge in [0.05, 0.1) is 17.6 Å². The van der Waals surface area contributed by atoms with Gasteiger partial charge < -0.3 is 25.4 Å². The second-order valence-electron chi connectivity index (χ2n) is 6.66. The predicted molar refractivity (Wildman–Crippen MR) is 116 cm³/mol. The molecule has 1 aromatic carbocycles. The number of hydrogen-bond acceptors (Lipinski definition) is 4. The van der Waals surface area contributed by atoms with Crippen molar-refractivity contribution in [1.82, 2.24) is 16.0 Å². The van der Waals surface area contributed by atoms with E-state index in [-0.39, 0.29) is 48.8 Å². The minimum Gasteiger partial charge on any atom is -0.454 e. The van der Waals surface area contributed by atoms with Gasteiger partial charge in [-0.25, -0.2) is 4.99 Å². The lowest BCUT2D eigenvalue weighted by Crippen LogP contribution is -2.48. The number of ether oxygens (including phenoxy) is 2. The molecule has 0 saturated heterocycles. The van der Waals surface area contributed by atoms with Crippen LogP contribution in [0.4, 0.5) is 0 Å². The van der Waals surface area contributed by atoms with Crippen LogP contribution in [0.2, 0.25) is 0 Å². The molecule has 3 N–H and O–H groups in total. The molecule has 0 saturated carbocycles. The number of halogens is 2. The van der Waals surface area contributed by atoms with Crippen molar-refractivity contribution in [2.75, 3.05) is 19.9 Å². The Bertz CT molecular complexity index is 662. The smallest absolute Gasteiger partial charge is 0.239 e. The highest BCUT2D eigenvalue weighted by Gasteiger charge is 2.18. The van der Waals surface area contributed by atoms with E-state index in [2.05, 4.69) is 36.9 Å². The van der Waals surface area contributed by atoms with Gasteiger partial charge in [0, 0.05) is 12.1 Å². The zero-order chi connectivity index (χ0) is 18.4. The van der Waals surface area contributed by atoms with E-state index in [1.807, 2.05) is 39.8 Å². The van der Waals surface area contributed by atoms with E-state index in [4.69, 9.17) is 9.47 Å². The summed E-state index contributed by atoms with van der Waals surface area (Å²) >= 11 is 3.48. The molecule has 146 valence electrons. The lowest BCUT2D eigenvalue weighted by molar-refractivity contribution is -0.121. The Morgan fingerprint density at radius 1 is 1.27 bits per heavy atom. The number of fused-ring (bicyclic) bond motifs is 1. The molecule has 0 aromatic heterocycles. The van der Waals surface area contributed by atoms with Crippen LogP contribution in [0.1, 0.15) is 33.3 Å². The Morgan fingerprint density at radius 2 is 2.00 bits per heavy atom. The lowest BCUT2D eigenvalue weighted by Gasteiger charge is -2.21. The molecule has 7 nitrogen and oxygen atoms in total. The van der Waals surface area contributed by atoms with Crippen LogP contribution in [0.3, 0.4) is 0 Å². The van der Waals surface area contributed by atoms with Crippen LogP contribution >= 0.6 is 39.9 Å². The average Bonchev–Trinajstić information content (AvgIpc) is 2.97. The van der Waals surface area contributed by atoms with Crippen molar-refractivity contribution in [2.45, 2.75) is 39.8 Å². The first kappa shape index (κ1) is 22.8. The van der Waals surface area contributed by atoms with Gasteiger partial charge in [0.1, 0.15) is 0 Å². The first-order valence-corrected chi connectivity index (χ1v) is 8.99. The number of nitrogens with one attached hydrogen (secondary N) is 3. The quantitative estimate of drug-likeness (QED) is 0.304. The summed E-state index contributed by atoms with van der Waals surface area (Å²) in [5.74, 6) is 1.93. The monoisotopic (exact) mass is 540 g/mol. The molecule has 1 aliphatic rings. The summed E-state index contributed by atoms with van der Waals surface area (Å²) in [7, 11) is 0. The number of guanidine groups is 1. The van der Waals surface area contributed by atoms with Crippen molar-refractivity contribution in [3.8, 4) is 11.5 Å². The van der Waals surface area contributed by atoms with Crippen molar-refractivity contribution in [3.63, 3.8) is 0 Å². The van der Waals surface area contributed by atoms with Gasteiger partial charge >= 0.3 is 0 Å². The zero-order valence-corrected chi connectivity index (χ0v) is 19.4. The summed E-state index contributed by atoms with van der Waals surface area (Å²) in [6.07, 6.45) is 0. The number of benzene rings is 1. The molecular formula is C17H26BrIN4O3. The maximum absolute atomic E-state index is 11.9. The van der Waals surface area contributed by atoms with Crippen LogP contribution < -0.4 is 25.4 Å². The van der Waals surface area contributed by atoms with E-state index in [9.17, 15) is 4.79 Å². The number of amides is 1. The summed E-state index contributed by atoms with van der Waals surface area (Å²) in [6.45, 7) is 9.36. The third kappa shape index (κ3) is 7.18. The fourth-order valence-corrected chi connectivity index (χ4v) is 2.85. The predicted octanol–water partition coefficient (Wildman–Crippen LogP) is 2.77. The third-order valence-corrected chi connectivity index (χ3v) is 3.77. The summed E-state index contributed by atoms with van der Waals surface area (Å²) in [4.78, 5) is 16.4. The number of nitrogens with zero attached hydrogens (tertiary/aromatic N) is 1. The van der Waals surface area contributed by atoms with Gasteiger partial charge in [-0.1, -0.05) is 0 Å².